The van der Waals surface area contributed by atoms with E-state index in [0.717, 1.165) is 49.9 Å². The van der Waals surface area contributed by atoms with Crippen molar-refractivity contribution in [2.24, 2.45) is 0 Å². The maximum Gasteiger partial charge on any atom is 0.323 e. The summed E-state index contributed by atoms with van der Waals surface area (Å²) >= 11 is 0. The number of rotatable bonds is 2. The molecule has 2 aromatic heterocycles. The van der Waals surface area contributed by atoms with Gasteiger partial charge in [0.25, 0.3) is 0 Å². The lowest BCUT2D eigenvalue weighted by Crippen LogP contribution is -2.34. The molecule has 1 aliphatic carbocycles. The van der Waals surface area contributed by atoms with Gasteiger partial charge >= 0.3 is 6.03 Å². The zero-order chi connectivity index (χ0) is 15.6. The minimum absolute atomic E-state index is 0.0678. The van der Waals surface area contributed by atoms with E-state index in [0.29, 0.717) is 5.82 Å². The van der Waals surface area contributed by atoms with E-state index in [-0.39, 0.29) is 12.1 Å². The average molecular weight is 308 g/mol. The number of nitrogens with zero attached hydrogens (tertiary/aromatic N) is 3. The first-order valence-corrected chi connectivity index (χ1v) is 8.27. The Hall–Kier alpha value is -2.43. The molecular weight excluding hydrogens is 288 g/mol. The maximum absolute atomic E-state index is 12.7. The molecule has 0 bridgehead atoms. The molecule has 5 nitrogen and oxygen atoms in total. The largest absolute Gasteiger partial charge is 0.323 e. The standard InChI is InChI=1S/C18H20N4O/c23-18(21-17-9-8-13-4-1-6-15(13)20-17)22-11-3-7-16(22)14-5-2-10-19-12-14/h2,5,8-10,12,16H,1,3-4,6-7,11H2,(H,20,21,23). The fraction of sp³-hybridized carbons (Fsp3) is 0.389. The van der Waals surface area contributed by atoms with Crippen LogP contribution >= 0.6 is 0 Å². The zero-order valence-corrected chi connectivity index (χ0v) is 13.0. The van der Waals surface area contributed by atoms with Crippen LogP contribution in [0.15, 0.2) is 36.7 Å². The predicted molar refractivity (Wildman–Crippen MR) is 88.2 cm³/mol. The van der Waals surface area contributed by atoms with E-state index in [4.69, 9.17) is 0 Å². The van der Waals surface area contributed by atoms with E-state index >= 15 is 0 Å². The summed E-state index contributed by atoms with van der Waals surface area (Å²) in [5, 5.41) is 2.97. The van der Waals surface area contributed by atoms with Crippen molar-refractivity contribution in [3.05, 3.63) is 53.5 Å². The fourth-order valence-electron chi connectivity index (χ4n) is 3.60. The quantitative estimate of drug-likeness (QED) is 0.925. The van der Waals surface area contributed by atoms with Gasteiger partial charge in [-0.3, -0.25) is 10.3 Å². The molecule has 2 aliphatic rings. The highest BCUT2D eigenvalue weighted by Gasteiger charge is 2.30. The SMILES string of the molecule is O=C(Nc1ccc2c(n1)CCC2)N1CCCC1c1cccnc1. The molecule has 4 rings (SSSR count). The van der Waals surface area contributed by atoms with Gasteiger partial charge in [0.05, 0.1) is 6.04 Å². The number of hydrogen-bond donors (Lipinski definition) is 1. The Balaban J connectivity index is 1.50. The van der Waals surface area contributed by atoms with Crippen molar-refractivity contribution in [1.29, 1.82) is 0 Å². The highest BCUT2D eigenvalue weighted by Crippen LogP contribution is 2.32. The second kappa shape index (κ2) is 5.99. The van der Waals surface area contributed by atoms with Gasteiger partial charge in [-0.05, 0) is 55.4 Å². The van der Waals surface area contributed by atoms with Crippen molar-refractivity contribution < 1.29 is 4.79 Å². The maximum atomic E-state index is 12.7. The molecule has 1 aliphatic heterocycles. The third-order valence-electron chi connectivity index (χ3n) is 4.75. The van der Waals surface area contributed by atoms with Crippen LogP contribution < -0.4 is 5.32 Å². The molecule has 0 aromatic carbocycles. The number of likely N-dealkylation sites (tertiary alicyclic amines) is 1. The molecule has 1 N–H and O–H groups in total. The van der Waals surface area contributed by atoms with Crippen molar-refractivity contribution in [2.75, 3.05) is 11.9 Å². The Morgan fingerprint density at radius 2 is 2.17 bits per heavy atom. The second-order valence-electron chi connectivity index (χ2n) is 6.22. The number of aromatic nitrogens is 2. The van der Waals surface area contributed by atoms with Crippen molar-refractivity contribution in [2.45, 2.75) is 38.1 Å². The predicted octanol–water partition coefficient (Wildman–Crippen LogP) is 3.33. The van der Waals surface area contributed by atoms with E-state index in [2.05, 4.69) is 21.4 Å². The summed E-state index contributed by atoms with van der Waals surface area (Å²) in [6, 6.07) is 8.01. The van der Waals surface area contributed by atoms with Gasteiger partial charge < -0.3 is 4.90 Å². The molecule has 1 unspecified atom stereocenters. The fourth-order valence-corrected chi connectivity index (χ4v) is 3.60. The number of fused-ring (bicyclic) bond motifs is 1. The van der Waals surface area contributed by atoms with Crippen molar-refractivity contribution >= 4 is 11.8 Å². The molecule has 1 saturated heterocycles. The molecule has 2 aromatic rings. The van der Waals surface area contributed by atoms with E-state index in [1.807, 2.05) is 29.3 Å². The van der Waals surface area contributed by atoms with Crippen molar-refractivity contribution in [3.63, 3.8) is 0 Å². The number of aryl methyl sites for hydroxylation is 2. The lowest BCUT2D eigenvalue weighted by Gasteiger charge is -2.25. The number of urea groups is 1. The Labute approximate surface area is 135 Å². The summed E-state index contributed by atoms with van der Waals surface area (Å²) in [5.74, 6) is 0.660. The molecular formula is C18H20N4O. The molecule has 0 spiro atoms. The lowest BCUT2D eigenvalue weighted by molar-refractivity contribution is 0.207. The van der Waals surface area contributed by atoms with Crippen LogP contribution in [-0.2, 0) is 12.8 Å². The molecule has 0 saturated carbocycles. The van der Waals surface area contributed by atoms with Crippen LogP contribution in [0, 0.1) is 0 Å². The summed E-state index contributed by atoms with van der Waals surface area (Å²) in [6.07, 6.45) is 8.89. The van der Waals surface area contributed by atoms with Crippen LogP contribution in [0.25, 0.3) is 0 Å². The molecule has 23 heavy (non-hydrogen) atoms. The first kappa shape index (κ1) is 14.2. The van der Waals surface area contributed by atoms with Crippen LogP contribution in [0.4, 0.5) is 10.6 Å². The molecule has 118 valence electrons. The highest BCUT2D eigenvalue weighted by atomic mass is 16.2. The number of carbonyl (C=O) groups is 1. The van der Waals surface area contributed by atoms with E-state index in [9.17, 15) is 4.79 Å². The minimum atomic E-state index is -0.0678. The summed E-state index contributed by atoms with van der Waals surface area (Å²) in [6.45, 7) is 0.774. The second-order valence-corrected chi connectivity index (χ2v) is 6.22. The van der Waals surface area contributed by atoms with Gasteiger partial charge in [0.15, 0.2) is 0 Å². The van der Waals surface area contributed by atoms with Crippen LogP contribution in [-0.4, -0.2) is 27.4 Å². The minimum Gasteiger partial charge on any atom is -0.317 e. The number of anilines is 1. The Bertz CT molecular complexity index is 716. The molecule has 2 amide bonds. The average Bonchev–Trinajstić information content (AvgIpc) is 3.24. The first-order chi connectivity index (χ1) is 11.3. The third-order valence-corrected chi connectivity index (χ3v) is 4.75. The normalized spacial score (nSPS) is 19.7. The number of hydrogen-bond acceptors (Lipinski definition) is 3. The topological polar surface area (TPSA) is 58.1 Å². The zero-order valence-electron chi connectivity index (χ0n) is 13.0. The van der Waals surface area contributed by atoms with Crippen LogP contribution in [0.3, 0.4) is 0 Å². The molecule has 5 heteroatoms. The highest BCUT2D eigenvalue weighted by molar-refractivity contribution is 5.88. The van der Waals surface area contributed by atoms with E-state index in [1.165, 1.54) is 5.56 Å². The Morgan fingerprint density at radius 3 is 3.04 bits per heavy atom. The van der Waals surface area contributed by atoms with E-state index < -0.39 is 0 Å². The van der Waals surface area contributed by atoms with Gasteiger partial charge in [-0.1, -0.05) is 12.1 Å². The number of pyridine rings is 2. The van der Waals surface area contributed by atoms with Gasteiger partial charge in [0.1, 0.15) is 5.82 Å². The molecule has 1 fully saturated rings. The Kier molecular flexibility index (Phi) is 3.69. The van der Waals surface area contributed by atoms with Crippen LogP contribution in [0.2, 0.25) is 0 Å². The Morgan fingerprint density at radius 1 is 1.22 bits per heavy atom. The van der Waals surface area contributed by atoms with Gasteiger partial charge in [0.2, 0.25) is 0 Å². The van der Waals surface area contributed by atoms with Gasteiger partial charge in [-0.25, -0.2) is 9.78 Å². The summed E-state index contributed by atoms with van der Waals surface area (Å²) in [4.78, 5) is 23.3. The monoisotopic (exact) mass is 308 g/mol. The van der Waals surface area contributed by atoms with Gasteiger partial charge in [-0.15, -0.1) is 0 Å². The number of amides is 2. The number of nitrogens with one attached hydrogen (secondary N) is 1. The van der Waals surface area contributed by atoms with Gasteiger partial charge in [-0.2, -0.15) is 0 Å². The van der Waals surface area contributed by atoms with Crippen LogP contribution in [0.1, 0.15) is 42.1 Å². The molecule has 3 heterocycles. The smallest absolute Gasteiger partial charge is 0.317 e. The summed E-state index contributed by atoms with van der Waals surface area (Å²) < 4.78 is 0. The molecule has 0 radical (unpaired) electrons. The van der Waals surface area contributed by atoms with Crippen molar-refractivity contribution in [1.82, 2.24) is 14.9 Å². The molecule has 1 atom stereocenters. The van der Waals surface area contributed by atoms with Gasteiger partial charge in [0, 0.05) is 24.6 Å². The summed E-state index contributed by atoms with van der Waals surface area (Å²) in [5.41, 5.74) is 3.55. The summed E-state index contributed by atoms with van der Waals surface area (Å²) in [7, 11) is 0. The first-order valence-electron chi connectivity index (χ1n) is 8.27. The van der Waals surface area contributed by atoms with E-state index in [1.54, 1.807) is 6.20 Å². The van der Waals surface area contributed by atoms with Crippen molar-refractivity contribution in [3.8, 4) is 0 Å². The number of carbonyl (C=O) groups excluding carboxylic acids is 1. The van der Waals surface area contributed by atoms with Crippen LogP contribution in [0.5, 0.6) is 0 Å². The third kappa shape index (κ3) is 2.79. The lowest BCUT2D eigenvalue weighted by atomic mass is 10.1.